The molecule has 5 aliphatic rings. The summed E-state index contributed by atoms with van der Waals surface area (Å²) in [6.07, 6.45) is 6.82. The predicted octanol–water partition coefficient (Wildman–Crippen LogP) is 5.40. The van der Waals surface area contributed by atoms with Crippen molar-refractivity contribution in [3.05, 3.63) is 64.9 Å². The van der Waals surface area contributed by atoms with Crippen LogP contribution in [0.3, 0.4) is 0 Å². The summed E-state index contributed by atoms with van der Waals surface area (Å²) in [6.45, 7) is 0.349. The molecule has 4 bridgehead atoms. The highest BCUT2D eigenvalue weighted by molar-refractivity contribution is 6.30. The van der Waals surface area contributed by atoms with Gasteiger partial charge in [-0.1, -0.05) is 23.7 Å². The highest BCUT2D eigenvalue weighted by Crippen LogP contribution is 2.60. The minimum atomic E-state index is -0.845. The molecule has 0 N–H and O–H groups in total. The van der Waals surface area contributed by atoms with E-state index in [4.69, 9.17) is 11.6 Å². The number of rotatable bonds is 6. The van der Waals surface area contributed by atoms with Gasteiger partial charge in [0.25, 0.3) is 5.91 Å². The van der Waals surface area contributed by atoms with Crippen LogP contribution in [0.2, 0.25) is 5.02 Å². The molecule has 1 unspecified atom stereocenters. The quantitative estimate of drug-likeness (QED) is 0.491. The molecule has 4 aliphatic carbocycles. The van der Waals surface area contributed by atoms with Crippen LogP contribution in [0.4, 0.5) is 10.1 Å². The third-order valence-corrected chi connectivity index (χ3v) is 9.10. The molecular formula is C29H30ClFN2O3. The zero-order valence-corrected chi connectivity index (χ0v) is 20.9. The zero-order valence-electron chi connectivity index (χ0n) is 20.2. The second-order valence-electron chi connectivity index (χ2n) is 11.3. The fourth-order valence-corrected chi connectivity index (χ4v) is 7.95. The molecule has 1 aliphatic heterocycles. The van der Waals surface area contributed by atoms with E-state index < -0.39 is 23.2 Å². The third kappa shape index (κ3) is 4.13. The first kappa shape index (κ1) is 23.7. The molecule has 0 spiro atoms. The Bertz CT molecular complexity index is 1180. The molecule has 2 aromatic rings. The lowest BCUT2D eigenvalue weighted by Gasteiger charge is -2.57. The van der Waals surface area contributed by atoms with Crippen LogP contribution in [-0.2, 0) is 20.8 Å². The van der Waals surface area contributed by atoms with Crippen molar-refractivity contribution in [2.75, 3.05) is 11.4 Å². The molecule has 5 fully saturated rings. The Morgan fingerprint density at radius 3 is 2.25 bits per heavy atom. The summed E-state index contributed by atoms with van der Waals surface area (Å²) in [5.74, 6) is 0.605. The highest BCUT2D eigenvalue weighted by Gasteiger charge is 2.57. The molecule has 4 saturated carbocycles. The summed E-state index contributed by atoms with van der Waals surface area (Å²) < 4.78 is 13.5. The molecule has 7 heteroatoms. The number of imide groups is 1. The van der Waals surface area contributed by atoms with Gasteiger partial charge >= 0.3 is 0 Å². The second kappa shape index (κ2) is 8.98. The lowest BCUT2D eigenvalue weighted by atomic mass is 9.49. The molecule has 3 amide bonds. The first-order valence-electron chi connectivity index (χ1n) is 13.0. The zero-order chi connectivity index (χ0) is 25.0. The third-order valence-electron chi connectivity index (χ3n) is 8.87. The fourth-order valence-electron chi connectivity index (χ4n) is 7.74. The van der Waals surface area contributed by atoms with Gasteiger partial charge in [0.2, 0.25) is 11.8 Å². The molecule has 2 aromatic carbocycles. The highest BCUT2D eigenvalue weighted by atomic mass is 35.5. The number of anilines is 1. The van der Waals surface area contributed by atoms with Crippen LogP contribution < -0.4 is 4.90 Å². The van der Waals surface area contributed by atoms with Gasteiger partial charge in [-0.25, -0.2) is 9.29 Å². The summed E-state index contributed by atoms with van der Waals surface area (Å²) in [6, 6.07) is 12.0. The van der Waals surface area contributed by atoms with Crippen LogP contribution in [0, 0.1) is 29.0 Å². The van der Waals surface area contributed by atoms with Crippen molar-refractivity contribution in [2.24, 2.45) is 23.2 Å². The van der Waals surface area contributed by atoms with E-state index in [-0.39, 0.29) is 18.2 Å². The number of carbonyl (C=O) groups excluding carboxylic acids is 3. The Labute approximate surface area is 215 Å². The number of hydrogen-bond acceptors (Lipinski definition) is 3. The summed E-state index contributed by atoms with van der Waals surface area (Å²) in [4.78, 5) is 43.9. The molecule has 188 valence electrons. The maximum atomic E-state index is 14.4. The minimum Gasteiger partial charge on any atom is -0.329 e. The molecule has 1 saturated heterocycles. The van der Waals surface area contributed by atoms with Crippen molar-refractivity contribution >= 4 is 35.0 Å². The van der Waals surface area contributed by atoms with Crippen LogP contribution >= 0.6 is 11.6 Å². The van der Waals surface area contributed by atoms with Crippen LogP contribution in [0.15, 0.2) is 48.5 Å². The Kier molecular flexibility index (Phi) is 5.90. The van der Waals surface area contributed by atoms with Crippen LogP contribution in [0.1, 0.15) is 50.5 Å². The van der Waals surface area contributed by atoms with Gasteiger partial charge in [-0.05, 0) is 105 Å². The van der Waals surface area contributed by atoms with Crippen molar-refractivity contribution in [1.82, 2.24) is 4.90 Å². The SMILES string of the molecule is O=C1CC(N(CCc2cccc(Cl)c2)C(=O)C23CC4CC(CC(C4)C2)C3)C(=O)N1c1ccc(F)cc1. The molecule has 7 rings (SSSR count). The second-order valence-corrected chi connectivity index (χ2v) is 11.8. The number of benzene rings is 2. The van der Waals surface area contributed by atoms with Gasteiger partial charge in [0, 0.05) is 11.6 Å². The molecule has 1 atom stereocenters. The number of halogens is 2. The van der Waals surface area contributed by atoms with Crippen molar-refractivity contribution in [2.45, 2.75) is 57.4 Å². The standard InChI is InChI=1S/C29H30ClFN2O3/c30-22-3-1-2-18(13-22)8-9-32(28(36)29-15-19-10-20(16-29)12-21(11-19)17-29)25-14-26(34)33(27(25)35)24-6-4-23(31)5-7-24/h1-7,13,19-21,25H,8-12,14-17H2. The molecule has 1 heterocycles. The monoisotopic (exact) mass is 508 g/mol. The first-order chi connectivity index (χ1) is 17.3. The maximum absolute atomic E-state index is 14.4. The van der Waals surface area contributed by atoms with Crippen molar-refractivity contribution in [3.63, 3.8) is 0 Å². The van der Waals surface area contributed by atoms with Gasteiger partial charge < -0.3 is 4.90 Å². The predicted molar refractivity (Wildman–Crippen MR) is 135 cm³/mol. The van der Waals surface area contributed by atoms with E-state index in [1.807, 2.05) is 24.3 Å². The van der Waals surface area contributed by atoms with E-state index in [1.54, 1.807) is 4.90 Å². The van der Waals surface area contributed by atoms with E-state index in [0.29, 0.717) is 41.4 Å². The Hall–Kier alpha value is -2.73. The van der Waals surface area contributed by atoms with Crippen LogP contribution in [0.5, 0.6) is 0 Å². The van der Waals surface area contributed by atoms with E-state index in [9.17, 15) is 18.8 Å². The molecule has 5 nitrogen and oxygen atoms in total. The Balaban J connectivity index is 1.31. The van der Waals surface area contributed by atoms with Crippen molar-refractivity contribution in [3.8, 4) is 0 Å². The largest absolute Gasteiger partial charge is 0.329 e. The lowest BCUT2D eigenvalue weighted by molar-refractivity contribution is -0.161. The van der Waals surface area contributed by atoms with Gasteiger partial charge in [0.15, 0.2) is 0 Å². The van der Waals surface area contributed by atoms with Crippen molar-refractivity contribution < 1.29 is 18.8 Å². The number of amides is 3. The molecular weight excluding hydrogens is 479 g/mol. The van der Waals surface area contributed by atoms with Gasteiger partial charge in [0.1, 0.15) is 11.9 Å². The molecule has 0 aromatic heterocycles. The number of nitrogens with zero attached hydrogens (tertiary/aromatic N) is 2. The fraction of sp³-hybridized carbons (Fsp3) is 0.483. The minimum absolute atomic E-state index is 0.0377. The van der Waals surface area contributed by atoms with Crippen LogP contribution in [-0.4, -0.2) is 35.2 Å². The smallest absolute Gasteiger partial charge is 0.257 e. The average Bonchev–Trinajstić information content (AvgIpc) is 3.12. The first-order valence-corrected chi connectivity index (χ1v) is 13.4. The molecule has 36 heavy (non-hydrogen) atoms. The van der Waals surface area contributed by atoms with Gasteiger partial charge in [-0.3, -0.25) is 14.4 Å². The van der Waals surface area contributed by atoms with E-state index in [1.165, 1.54) is 43.5 Å². The average molecular weight is 509 g/mol. The van der Waals surface area contributed by atoms with E-state index in [2.05, 4.69) is 0 Å². The summed E-state index contributed by atoms with van der Waals surface area (Å²) in [5.41, 5.74) is 0.902. The van der Waals surface area contributed by atoms with Gasteiger partial charge in [0.05, 0.1) is 17.5 Å². The number of carbonyl (C=O) groups is 3. The number of hydrogen-bond donors (Lipinski definition) is 0. The topological polar surface area (TPSA) is 57.7 Å². The maximum Gasteiger partial charge on any atom is 0.257 e. The summed E-state index contributed by atoms with van der Waals surface area (Å²) in [7, 11) is 0. The normalized spacial score (nSPS) is 30.8. The van der Waals surface area contributed by atoms with Gasteiger partial charge in [-0.15, -0.1) is 0 Å². The Morgan fingerprint density at radius 1 is 1.00 bits per heavy atom. The molecule has 0 radical (unpaired) electrons. The van der Waals surface area contributed by atoms with Crippen molar-refractivity contribution in [1.29, 1.82) is 0 Å². The lowest BCUT2D eigenvalue weighted by Crippen LogP contribution is -2.58. The van der Waals surface area contributed by atoms with Gasteiger partial charge in [-0.2, -0.15) is 0 Å². The Morgan fingerprint density at radius 2 is 1.64 bits per heavy atom. The van der Waals surface area contributed by atoms with E-state index in [0.717, 1.165) is 29.7 Å². The van der Waals surface area contributed by atoms with E-state index >= 15 is 0 Å². The summed E-state index contributed by atoms with van der Waals surface area (Å²) >= 11 is 6.19. The van der Waals surface area contributed by atoms with Crippen LogP contribution in [0.25, 0.3) is 0 Å². The summed E-state index contributed by atoms with van der Waals surface area (Å²) in [5, 5.41) is 0.626.